The van der Waals surface area contributed by atoms with Gasteiger partial charge in [-0.3, -0.25) is 19.7 Å². The number of hydroxylamine groups is 1. The molecule has 2 amide bonds. The Kier molecular flexibility index (Phi) is 3.55. The summed E-state index contributed by atoms with van der Waals surface area (Å²) in [7, 11) is 0. The molecule has 2 aliphatic heterocycles. The molecule has 2 fully saturated rings. The van der Waals surface area contributed by atoms with Gasteiger partial charge in [0.15, 0.2) is 6.10 Å². The van der Waals surface area contributed by atoms with Crippen LogP contribution in [-0.4, -0.2) is 17.9 Å². The Morgan fingerprint density at radius 2 is 1.67 bits per heavy atom. The molecule has 2 aromatic carbocycles. The molecule has 0 aliphatic carbocycles. The Hall–Kier alpha value is -2.37. The van der Waals surface area contributed by atoms with E-state index < -0.39 is 17.9 Å². The van der Waals surface area contributed by atoms with Crippen molar-refractivity contribution in [2.75, 3.05) is 5.06 Å². The summed E-state index contributed by atoms with van der Waals surface area (Å²) in [6.45, 7) is 2.00. The van der Waals surface area contributed by atoms with E-state index in [1.807, 2.05) is 43.3 Å². The number of carbonyl (C=O) groups is 2. The zero-order chi connectivity index (χ0) is 16.8. The van der Waals surface area contributed by atoms with Gasteiger partial charge in [0.2, 0.25) is 5.91 Å². The van der Waals surface area contributed by atoms with Crippen molar-refractivity contribution in [2.45, 2.75) is 19.1 Å². The largest absolute Gasteiger partial charge is 0.294 e. The van der Waals surface area contributed by atoms with Crippen molar-refractivity contribution in [3.63, 3.8) is 0 Å². The van der Waals surface area contributed by atoms with Crippen molar-refractivity contribution in [3.8, 4) is 0 Å². The molecule has 0 radical (unpaired) electrons. The third kappa shape index (κ3) is 2.37. The van der Waals surface area contributed by atoms with Crippen LogP contribution in [0.1, 0.15) is 17.2 Å². The number of imide groups is 1. The maximum atomic E-state index is 12.3. The summed E-state index contributed by atoms with van der Waals surface area (Å²) in [6.07, 6.45) is -0.806. The third-order valence-corrected chi connectivity index (χ3v) is 4.71. The number of nitrogens with zero attached hydrogens (tertiary/aromatic N) is 1. The second-order valence-corrected chi connectivity index (χ2v) is 6.50. The third-order valence-electron chi connectivity index (χ3n) is 4.45. The lowest BCUT2D eigenvalue weighted by molar-refractivity contribution is -0.129. The number of benzene rings is 2. The molecular formula is C18H15ClN2O3. The molecule has 0 unspecified atom stereocenters. The number of amides is 2. The van der Waals surface area contributed by atoms with Crippen LogP contribution in [0.25, 0.3) is 0 Å². The lowest BCUT2D eigenvalue weighted by Crippen LogP contribution is -2.33. The van der Waals surface area contributed by atoms with Gasteiger partial charge in [-0.15, -0.1) is 0 Å². The van der Waals surface area contributed by atoms with E-state index in [-0.39, 0.29) is 11.9 Å². The fourth-order valence-electron chi connectivity index (χ4n) is 3.25. The van der Waals surface area contributed by atoms with Crippen LogP contribution in [0.4, 0.5) is 5.69 Å². The average molecular weight is 343 g/mol. The molecule has 2 saturated heterocycles. The van der Waals surface area contributed by atoms with Gasteiger partial charge in [0.05, 0.1) is 11.7 Å². The summed E-state index contributed by atoms with van der Waals surface area (Å²) in [4.78, 5) is 30.2. The second-order valence-electron chi connectivity index (χ2n) is 6.06. The molecule has 5 nitrogen and oxygen atoms in total. The molecule has 1 N–H and O–H groups in total. The number of aryl methyl sites for hydroxylation is 1. The van der Waals surface area contributed by atoms with E-state index in [9.17, 15) is 9.59 Å². The highest BCUT2D eigenvalue weighted by Gasteiger charge is 2.56. The van der Waals surface area contributed by atoms with E-state index in [4.69, 9.17) is 16.4 Å². The van der Waals surface area contributed by atoms with Gasteiger partial charge in [0.1, 0.15) is 5.92 Å². The highest BCUT2D eigenvalue weighted by molar-refractivity contribution is 6.30. The van der Waals surface area contributed by atoms with Crippen molar-refractivity contribution < 1.29 is 14.4 Å². The highest BCUT2D eigenvalue weighted by Crippen LogP contribution is 2.44. The van der Waals surface area contributed by atoms with Crippen LogP contribution in [-0.2, 0) is 14.4 Å². The first kappa shape index (κ1) is 15.2. The molecule has 0 aromatic heterocycles. The SMILES string of the molecule is Cc1ccc([C@@H]2[C@H]3C(=O)NC(=O)[C@H]3ON2c2ccc(Cl)cc2)cc1. The van der Waals surface area contributed by atoms with Crippen molar-refractivity contribution in [3.05, 3.63) is 64.7 Å². The zero-order valence-corrected chi connectivity index (χ0v) is 13.7. The number of anilines is 1. The van der Waals surface area contributed by atoms with Gasteiger partial charge in [0, 0.05) is 5.02 Å². The first-order valence-corrected chi connectivity index (χ1v) is 8.05. The number of hydrogen-bond donors (Lipinski definition) is 1. The molecule has 2 aromatic rings. The molecule has 2 aliphatic rings. The fraction of sp³-hybridized carbons (Fsp3) is 0.222. The first-order chi connectivity index (χ1) is 11.5. The number of fused-ring (bicyclic) bond motifs is 1. The quantitative estimate of drug-likeness (QED) is 0.853. The smallest absolute Gasteiger partial charge is 0.259 e. The lowest BCUT2D eigenvalue weighted by Gasteiger charge is -2.27. The topological polar surface area (TPSA) is 58.6 Å². The number of rotatable bonds is 2. The summed E-state index contributed by atoms with van der Waals surface area (Å²) < 4.78 is 0. The Bertz CT molecular complexity index is 804. The predicted molar refractivity (Wildman–Crippen MR) is 89.4 cm³/mol. The number of hydrogen-bond acceptors (Lipinski definition) is 4. The van der Waals surface area contributed by atoms with Crippen LogP contribution < -0.4 is 10.4 Å². The fourth-order valence-corrected chi connectivity index (χ4v) is 3.37. The van der Waals surface area contributed by atoms with Crippen LogP contribution >= 0.6 is 11.6 Å². The average Bonchev–Trinajstić information content (AvgIpc) is 3.08. The van der Waals surface area contributed by atoms with Crippen molar-refractivity contribution in [2.24, 2.45) is 5.92 Å². The minimum absolute atomic E-state index is 0.299. The van der Waals surface area contributed by atoms with Gasteiger partial charge < -0.3 is 0 Å². The van der Waals surface area contributed by atoms with E-state index in [0.717, 1.165) is 16.8 Å². The van der Waals surface area contributed by atoms with E-state index in [2.05, 4.69) is 5.32 Å². The van der Waals surface area contributed by atoms with Crippen LogP contribution in [0.5, 0.6) is 0 Å². The molecule has 0 bridgehead atoms. The number of carbonyl (C=O) groups excluding carboxylic acids is 2. The molecule has 0 spiro atoms. The van der Waals surface area contributed by atoms with Crippen LogP contribution in [0.15, 0.2) is 48.5 Å². The maximum absolute atomic E-state index is 12.3. The summed E-state index contributed by atoms with van der Waals surface area (Å²) in [5.41, 5.74) is 2.80. The Labute approximate surface area is 144 Å². The Morgan fingerprint density at radius 3 is 2.33 bits per heavy atom. The molecular weight excluding hydrogens is 328 g/mol. The van der Waals surface area contributed by atoms with Crippen LogP contribution in [0.2, 0.25) is 5.02 Å². The lowest BCUT2D eigenvalue weighted by atomic mass is 9.90. The van der Waals surface area contributed by atoms with Gasteiger partial charge in [0.25, 0.3) is 5.91 Å². The molecule has 3 atom stereocenters. The molecule has 0 saturated carbocycles. The summed E-state index contributed by atoms with van der Waals surface area (Å²) >= 11 is 5.95. The van der Waals surface area contributed by atoms with E-state index >= 15 is 0 Å². The van der Waals surface area contributed by atoms with Crippen molar-refractivity contribution in [1.82, 2.24) is 5.32 Å². The summed E-state index contributed by atoms with van der Waals surface area (Å²) in [6, 6.07) is 14.7. The van der Waals surface area contributed by atoms with Gasteiger partial charge >= 0.3 is 0 Å². The van der Waals surface area contributed by atoms with E-state index in [1.54, 1.807) is 17.2 Å². The monoisotopic (exact) mass is 342 g/mol. The molecule has 4 rings (SSSR count). The Balaban J connectivity index is 1.79. The highest BCUT2D eigenvalue weighted by atomic mass is 35.5. The zero-order valence-electron chi connectivity index (χ0n) is 12.9. The minimum Gasteiger partial charge on any atom is -0.294 e. The second kappa shape index (κ2) is 5.61. The summed E-state index contributed by atoms with van der Waals surface area (Å²) in [5.74, 6) is -1.26. The number of nitrogens with one attached hydrogen (secondary N) is 1. The predicted octanol–water partition coefficient (Wildman–Crippen LogP) is 2.78. The van der Waals surface area contributed by atoms with Gasteiger partial charge in [-0.25, -0.2) is 5.06 Å². The Morgan fingerprint density at radius 1 is 1.00 bits per heavy atom. The van der Waals surface area contributed by atoms with Gasteiger partial charge in [-0.05, 0) is 36.8 Å². The standard InChI is InChI=1S/C18H15ClN2O3/c1-10-2-4-11(5-3-10)15-14-16(18(23)20-17(14)22)24-21(15)13-8-6-12(19)7-9-13/h2-9,14-16H,1H3,(H,20,22,23)/t14-,15-,16+/m1/s1. The molecule has 122 valence electrons. The normalized spacial score (nSPS) is 25.8. The van der Waals surface area contributed by atoms with Crippen LogP contribution in [0, 0.1) is 12.8 Å². The minimum atomic E-state index is -0.806. The molecule has 6 heteroatoms. The van der Waals surface area contributed by atoms with Crippen molar-refractivity contribution in [1.29, 1.82) is 0 Å². The first-order valence-electron chi connectivity index (χ1n) is 7.67. The van der Waals surface area contributed by atoms with E-state index in [0.29, 0.717) is 5.02 Å². The number of halogens is 1. The van der Waals surface area contributed by atoms with E-state index in [1.165, 1.54) is 0 Å². The van der Waals surface area contributed by atoms with Crippen molar-refractivity contribution >= 4 is 29.1 Å². The summed E-state index contributed by atoms with van der Waals surface area (Å²) in [5, 5.41) is 4.62. The van der Waals surface area contributed by atoms with Crippen LogP contribution in [0.3, 0.4) is 0 Å². The van der Waals surface area contributed by atoms with Gasteiger partial charge in [-0.1, -0.05) is 41.4 Å². The maximum Gasteiger partial charge on any atom is 0.259 e. The van der Waals surface area contributed by atoms with Gasteiger partial charge in [-0.2, -0.15) is 0 Å². The molecule has 24 heavy (non-hydrogen) atoms. The molecule has 2 heterocycles.